The Balaban J connectivity index is 1.63. The molecule has 0 bridgehead atoms. The molecule has 146 valence electrons. The second-order valence-electron chi connectivity index (χ2n) is 7.56. The molecule has 0 spiro atoms. The minimum Gasteiger partial charge on any atom is -0.349 e. The van der Waals surface area contributed by atoms with Gasteiger partial charge in [0.05, 0.1) is 16.6 Å². The minimum atomic E-state index is -0.605. The Labute approximate surface area is 161 Å². The maximum absolute atomic E-state index is 13.9. The Kier molecular flexibility index (Phi) is 4.61. The molecule has 0 aliphatic heterocycles. The van der Waals surface area contributed by atoms with Crippen LogP contribution in [0.3, 0.4) is 0 Å². The topological polar surface area (TPSA) is 59.8 Å². The van der Waals surface area contributed by atoms with E-state index in [0.717, 1.165) is 24.2 Å². The molecule has 1 aromatic carbocycles. The molecule has 1 aliphatic carbocycles. The summed E-state index contributed by atoms with van der Waals surface area (Å²) >= 11 is 0. The van der Waals surface area contributed by atoms with Crippen LogP contribution in [0.5, 0.6) is 0 Å². The number of fused-ring (bicyclic) bond motifs is 1. The molecule has 1 saturated carbocycles. The zero-order valence-electron chi connectivity index (χ0n) is 16.1. The maximum atomic E-state index is 13.9. The Hall–Kier alpha value is -2.83. The number of pyridine rings is 1. The number of amides is 1. The molecular formula is C21H22F2N4O. The van der Waals surface area contributed by atoms with Crippen molar-refractivity contribution in [2.24, 2.45) is 7.05 Å². The highest BCUT2D eigenvalue weighted by molar-refractivity contribution is 6.06. The summed E-state index contributed by atoms with van der Waals surface area (Å²) in [6.07, 6.45) is 2.21. The Morgan fingerprint density at radius 3 is 2.64 bits per heavy atom. The molecule has 5 nitrogen and oxygen atoms in total. The van der Waals surface area contributed by atoms with Gasteiger partial charge in [-0.25, -0.2) is 13.8 Å². The van der Waals surface area contributed by atoms with E-state index < -0.39 is 17.7 Å². The number of benzene rings is 1. The Morgan fingerprint density at radius 2 is 2.00 bits per heavy atom. The van der Waals surface area contributed by atoms with Gasteiger partial charge < -0.3 is 5.32 Å². The molecule has 1 N–H and O–H groups in total. The number of aryl methyl sites for hydroxylation is 2. The van der Waals surface area contributed by atoms with Crippen molar-refractivity contribution in [2.45, 2.75) is 45.1 Å². The lowest BCUT2D eigenvalue weighted by Gasteiger charge is -2.16. The number of nitrogens with zero attached hydrogens (tertiary/aromatic N) is 3. The lowest BCUT2D eigenvalue weighted by Crippen LogP contribution is -2.34. The number of carbonyl (C=O) groups is 1. The average molecular weight is 384 g/mol. The van der Waals surface area contributed by atoms with Crippen LogP contribution in [0.15, 0.2) is 24.3 Å². The lowest BCUT2D eigenvalue weighted by molar-refractivity contribution is 0.0941. The molecule has 2 heterocycles. The molecule has 1 atom stereocenters. The predicted octanol–water partition coefficient (Wildman–Crippen LogP) is 3.79. The zero-order chi connectivity index (χ0) is 20.0. The van der Waals surface area contributed by atoms with Crippen LogP contribution in [0.25, 0.3) is 11.0 Å². The van der Waals surface area contributed by atoms with Crippen LogP contribution in [-0.4, -0.2) is 26.7 Å². The second kappa shape index (κ2) is 6.96. The predicted molar refractivity (Wildman–Crippen MR) is 102 cm³/mol. The molecule has 1 aliphatic rings. The van der Waals surface area contributed by atoms with Crippen molar-refractivity contribution in [1.29, 1.82) is 0 Å². The van der Waals surface area contributed by atoms with Crippen molar-refractivity contribution < 1.29 is 13.6 Å². The molecule has 3 aromatic rings. The largest absolute Gasteiger partial charge is 0.349 e. The number of hydrogen-bond acceptors (Lipinski definition) is 3. The third-order valence-corrected chi connectivity index (χ3v) is 5.18. The van der Waals surface area contributed by atoms with Gasteiger partial charge in [-0.1, -0.05) is 6.07 Å². The monoisotopic (exact) mass is 384 g/mol. The second-order valence-corrected chi connectivity index (χ2v) is 7.56. The van der Waals surface area contributed by atoms with E-state index in [2.05, 4.69) is 10.4 Å². The molecule has 7 heteroatoms. The van der Waals surface area contributed by atoms with Gasteiger partial charge in [-0.05, 0) is 51.3 Å². The van der Waals surface area contributed by atoms with Crippen LogP contribution in [0.2, 0.25) is 0 Å². The van der Waals surface area contributed by atoms with E-state index in [1.54, 1.807) is 11.6 Å². The van der Waals surface area contributed by atoms with Gasteiger partial charge in [-0.15, -0.1) is 0 Å². The number of nitrogens with one attached hydrogen (secondary N) is 1. The summed E-state index contributed by atoms with van der Waals surface area (Å²) in [5, 5.41) is 7.99. The first-order valence-corrected chi connectivity index (χ1v) is 9.43. The SMILES string of the molecule is Cc1nn(C)c2nc(C3CC3)cc(C(=O)N[C@@H](C)Cc3c(F)cccc3F)c12. The minimum absolute atomic E-state index is 0.0218. The highest BCUT2D eigenvalue weighted by Crippen LogP contribution is 2.40. The van der Waals surface area contributed by atoms with E-state index in [1.165, 1.54) is 18.2 Å². The van der Waals surface area contributed by atoms with Gasteiger partial charge in [0.15, 0.2) is 5.65 Å². The first-order chi connectivity index (χ1) is 13.3. The molecule has 1 amide bonds. The molecule has 28 heavy (non-hydrogen) atoms. The number of carbonyl (C=O) groups excluding carboxylic acids is 1. The molecule has 2 aromatic heterocycles. The number of rotatable bonds is 5. The van der Waals surface area contributed by atoms with Crippen LogP contribution in [0.1, 0.15) is 53.0 Å². The van der Waals surface area contributed by atoms with E-state index in [1.807, 2.05) is 20.0 Å². The summed E-state index contributed by atoms with van der Waals surface area (Å²) in [6.45, 7) is 3.58. The van der Waals surface area contributed by atoms with Gasteiger partial charge in [-0.2, -0.15) is 5.10 Å². The third-order valence-electron chi connectivity index (χ3n) is 5.18. The van der Waals surface area contributed by atoms with Crippen molar-refractivity contribution in [1.82, 2.24) is 20.1 Å². The number of hydrogen-bond donors (Lipinski definition) is 1. The van der Waals surface area contributed by atoms with Crippen LogP contribution >= 0.6 is 0 Å². The van der Waals surface area contributed by atoms with Crippen molar-refractivity contribution in [3.63, 3.8) is 0 Å². The van der Waals surface area contributed by atoms with E-state index in [4.69, 9.17) is 4.98 Å². The van der Waals surface area contributed by atoms with Gasteiger partial charge in [0.1, 0.15) is 11.6 Å². The van der Waals surface area contributed by atoms with Crippen molar-refractivity contribution in [3.05, 3.63) is 58.4 Å². The average Bonchev–Trinajstić information content (AvgIpc) is 3.44. The van der Waals surface area contributed by atoms with Gasteiger partial charge in [-0.3, -0.25) is 9.48 Å². The van der Waals surface area contributed by atoms with Gasteiger partial charge >= 0.3 is 0 Å². The number of aromatic nitrogens is 3. The highest BCUT2D eigenvalue weighted by Gasteiger charge is 2.28. The van der Waals surface area contributed by atoms with E-state index in [-0.39, 0.29) is 17.9 Å². The first kappa shape index (κ1) is 18.5. The summed E-state index contributed by atoms with van der Waals surface area (Å²) < 4.78 is 29.5. The van der Waals surface area contributed by atoms with E-state index in [0.29, 0.717) is 22.5 Å². The molecule has 0 radical (unpaired) electrons. The molecule has 0 unspecified atom stereocenters. The highest BCUT2D eigenvalue weighted by atomic mass is 19.1. The number of halogens is 2. The molecule has 0 saturated heterocycles. The fourth-order valence-corrected chi connectivity index (χ4v) is 3.62. The van der Waals surface area contributed by atoms with Gasteiger partial charge in [0.25, 0.3) is 5.91 Å². The quantitative estimate of drug-likeness (QED) is 0.728. The Morgan fingerprint density at radius 1 is 1.32 bits per heavy atom. The fourth-order valence-electron chi connectivity index (χ4n) is 3.62. The summed E-state index contributed by atoms with van der Waals surface area (Å²) in [7, 11) is 1.81. The summed E-state index contributed by atoms with van der Waals surface area (Å²) in [5.41, 5.74) is 2.79. The van der Waals surface area contributed by atoms with E-state index in [9.17, 15) is 13.6 Å². The summed E-state index contributed by atoms with van der Waals surface area (Å²) in [4.78, 5) is 17.7. The fraction of sp³-hybridized carbons (Fsp3) is 0.381. The zero-order valence-corrected chi connectivity index (χ0v) is 16.1. The molecule has 4 rings (SSSR count). The van der Waals surface area contributed by atoms with Crippen LogP contribution in [0.4, 0.5) is 8.78 Å². The lowest BCUT2D eigenvalue weighted by atomic mass is 10.0. The van der Waals surface area contributed by atoms with Crippen LogP contribution < -0.4 is 5.32 Å². The van der Waals surface area contributed by atoms with Gasteiger partial charge in [0.2, 0.25) is 0 Å². The standard InChI is InChI=1S/C21H22F2N4O/c1-11(9-14-16(22)5-4-6-17(14)23)24-21(28)15-10-18(13-7-8-13)25-20-19(15)12(2)26-27(20)3/h4-6,10-11,13H,7-9H2,1-3H3,(H,24,28)/t11-/m0/s1. The summed E-state index contributed by atoms with van der Waals surface area (Å²) in [5.74, 6) is -1.11. The third kappa shape index (κ3) is 3.37. The molecular weight excluding hydrogens is 362 g/mol. The normalized spacial score (nSPS) is 15.0. The summed E-state index contributed by atoms with van der Waals surface area (Å²) in [6, 6.07) is 5.17. The Bertz CT molecular complexity index is 1050. The smallest absolute Gasteiger partial charge is 0.252 e. The van der Waals surface area contributed by atoms with E-state index >= 15 is 0 Å². The van der Waals surface area contributed by atoms with Crippen molar-refractivity contribution in [3.8, 4) is 0 Å². The van der Waals surface area contributed by atoms with Crippen LogP contribution in [0, 0.1) is 18.6 Å². The van der Waals surface area contributed by atoms with Crippen molar-refractivity contribution in [2.75, 3.05) is 0 Å². The molecule has 1 fully saturated rings. The maximum Gasteiger partial charge on any atom is 0.252 e. The van der Waals surface area contributed by atoms with Crippen molar-refractivity contribution >= 4 is 16.9 Å². The van der Waals surface area contributed by atoms with Crippen LogP contribution in [-0.2, 0) is 13.5 Å². The van der Waals surface area contributed by atoms with Gasteiger partial charge in [0, 0.05) is 30.3 Å². The first-order valence-electron chi connectivity index (χ1n) is 9.43.